The molecule has 35 heavy (non-hydrogen) atoms. The maximum absolute atomic E-state index is 13.4. The average Bonchev–Trinajstić information content (AvgIpc) is 3.44. The summed E-state index contributed by atoms with van der Waals surface area (Å²) in [6.07, 6.45) is -8.62. The number of hydrogen-bond acceptors (Lipinski definition) is 6. The van der Waals surface area contributed by atoms with Crippen LogP contribution in [0.5, 0.6) is 0 Å². The largest absolute Gasteiger partial charge is 0.464 e. The maximum atomic E-state index is 13.4. The van der Waals surface area contributed by atoms with Crippen molar-refractivity contribution < 1.29 is 40.3 Å². The van der Waals surface area contributed by atoms with E-state index in [1.807, 2.05) is 0 Å². The van der Waals surface area contributed by atoms with Gasteiger partial charge in [0.15, 0.2) is 11.4 Å². The summed E-state index contributed by atoms with van der Waals surface area (Å²) in [7, 11) is 0.915. The molecule has 0 spiro atoms. The molecule has 0 saturated carbocycles. The number of anilines is 1. The number of carbonyl (C=O) groups is 2. The van der Waals surface area contributed by atoms with E-state index in [9.17, 15) is 35.9 Å². The fourth-order valence-corrected chi connectivity index (χ4v) is 4.65. The van der Waals surface area contributed by atoms with Gasteiger partial charge in [-0.05, 0) is 18.2 Å². The van der Waals surface area contributed by atoms with Crippen LogP contribution in [0.4, 0.5) is 32.0 Å². The van der Waals surface area contributed by atoms with E-state index in [-0.39, 0.29) is 27.2 Å². The predicted octanol–water partition coefficient (Wildman–Crippen LogP) is 5.33. The number of rotatable bonds is 4. The summed E-state index contributed by atoms with van der Waals surface area (Å²) >= 11 is 6.19. The molecular weight excluding hydrogens is 528 g/mol. The zero-order valence-corrected chi connectivity index (χ0v) is 18.6. The Labute approximate surface area is 199 Å². The van der Waals surface area contributed by atoms with Crippen molar-refractivity contribution in [3.63, 3.8) is 0 Å². The van der Waals surface area contributed by atoms with Crippen molar-refractivity contribution in [1.82, 2.24) is 14.8 Å². The minimum absolute atomic E-state index is 0.0672. The summed E-state index contributed by atoms with van der Waals surface area (Å²) in [5.74, 6) is -2.47. The molecule has 4 rings (SSSR count). The zero-order chi connectivity index (χ0) is 25.9. The van der Waals surface area contributed by atoms with Gasteiger partial charge in [0.1, 0.15) is 26.2 Å². The number of nitrogens with one attached hydrogen (secondary N) is 1. The number of fused-ring (bicyclic) bond motifs is 1. The highest BCUT2D eigenvalue weighted by molar-refractivity contribution is 7.21. The molecule has 4 aromatic heterocycles. The molecule has 0 radical (unpaired) electrons. The predicted molar refractivity (Wildman–Crippen MR) is 112 cm³/mol. The highest BCUT2D eigenvalue weighted by Crippen LogP contribution is 2.44. The average molecular weight is 538 g/mol. The Morgan fingerprint density at radius 2 is 1.89 bits per heavy atom. The first-order valence-electron chi connectivity index (χ1n) is 9.19. The van der Waals surface area contributed by atoms with Crippen LogP contribution in [0.2, 0.25) is 5.02 Å². The number of nitrogens with two attached hydrogens (primary N) is 1. The van der Waals surface area contributed by atoms with Crippen LogP contribution < -0.4 is 11.1 Å². The molecule has 0 aromatic carbocycles. The lowest BCUT2D eigenvalue weighted by Gasteiger charge is -2.10. The van der Waals surface area contributed by atoms with Crippen LogP contribution in [0.25, 0.3) is 21.5 Å². The second-order valence-corrected chi connectivity index (χ2v) is 8.34. The molecule has 0 fully saturated rings. The Balaban J connectivity index is 1.94. The van der Waals surface area contributed by atoms with Crippen molar-refractivity contribution >= 4 is 50.7 Å². The van der Waals surface area contributed by atoms with Gasteiger partial charge in [0.05, 0.1) is 12.0 Å². The SMILES string of the molecule is Cn1nc(C(=O)Nc2c(C(N)=O)sc3nc(C(F)(F)F)cc(-c4ccco4)c23)c(Cl)c1C(F)(F)F. The van der Waals surface area contributed by atoms with Crippen LogP contribution in [0.3, 0.4) is 0 Å². The van der Waals surface area contributed by atoms with E-state index in [0.717, 1.165) is 7.05 Å². The van der Waals surface area contributed by atoms with E-state index >= 15 is 0 Å². The van der Waals surface area contributed by atoms with Gasteiger partial charge in [-0.1, -0.05) is 11.6 Å². The van der Waals surface area contributed by atoms with Gasteiger partial charge < -0.3 is 15.5 Å². The summed E-state index contributed by atoms with van der Waals surface area (Å²) < 4.78 is 85.6. The van der Waals surface area contributed by atoms with Crippen LogP contribution in [0.1, 0.15) is 31.5 Å². The molecule has 184 valence electrons. The number of alkyl halides is 6. The third-order valence-corrected chi connectivity index (χ3v) is 6.13. The first-order chi connectivity index (χ1) is 16.2. The van der Waals surface area contributed by atoms with E-state index in [0.29, 0.717) is 22.1 Å². The standard InChI is InChI=1S/C19H10ClF6N5O3S/c1-31-14(19(24,25)26)10(20)12(30-31)16(33)29-11-9-6(7-3-2-4-34-7)5-8(18(21,22)23)28-17(9)35-13(11)15(27)32/h2-5H,1H3,(H2,27,32)(H,29,33). The molecule has 0 bridgehead atoms. The lowest BCUT2D eigenvalue weighted by molar-refractivity contribution is -0.143. The second kappa shape index (κ2) is 8.27. The van der Waals surface area contributed by atoms with Gasteiger partial charge in [-0.3, -0.25) is 14.3 Å². The number of carbonyl (C=O) groups excluding carboxylic acids is 2. The molecule has 2 amide bonds. The number of aryl methyl sites for hydroxylation is 1. The molecule has 8 nitrogen and oxygen atoms in total. The van der Waals surface area contributed by atoms with Crippen LogP contribution in [0, 0.1) is 0 Å². The lowest BCUT2D eigenvalue weighted by Crippen LogP contribution is -2.17. The number of thiophene rings is 1. The topological polar surface area (TPSA) is 116 Å². The smallest absolute Gasteiger partial charge is 0.434 e. The lowest BCUT2D eigenvalue weighted by atomic mass is 10.1. The highest BCUT2D eigenvalue weighted by atomic mass is 35.5. The fraction of sp³-hybridized carbons (Fsp3) is 0.158. The quantitative estimate of drug-likeness (QED) is 0.341. The van der Waals surface area contributed by atoms with Crippen molar-refractivity contribution in [1.29, 1.82) is 0 Å². The molecule has 4 heterocycles. The van der Waals surface area contributed by atoms with E-state index in [2.05, 4.69) is 15.4 Å². The number of pyridine rings is 1. The first kappa shape index (κ1) is 24.5. The number of aromatic nitrogens is 3. The second-order valence-electron chi connectivity index (χ2n) is 6.97. The molecule has 3 N–H and O–H groups in total. The molecule has 0 saturated heterocycles. The minimum atomic E-state index is -4.94. The van der Waals surface area contributed by atoms with Gasteiger partial charge >= 0.3 is 12.4 Å². The maximum Gasteiger partial charge on any atom is 0.434 e. The van der Waals surface area contributed by atoms with Gasteiger partial charge in [0.25, 0.3) is 11.8 Å². The Hall–Kier alpha value is -3.59. The van der Waals surface area contributed by atoms with E-state index in [4.69, 9.17) is 21.8 Å². The van der Waals surface area contributed by atoms with Crippen LogP contribution >= 0.6 is 22.9 Å². The molecule has 0 aliphatic rings. The van der Waals surface area contributed by atoms with Gasteiger partial charge in [-0.15, -0.1) is 11.3 Å². The highest BCUT2D eigenvalue weighted by Gasteiger charge is 2.40. The Morgan fingerprint density at radius 1 is 1.20 bits per heavy atom. The zero-order valence-electron chi connectivity index (χ0n) is 17.0. The Kier molecular flexibility index (Phi) is 5.79. The molecule has 0 aliphatic heterocycles. The molecular formula is C19H10ClF6N5O3S. The van der Waals surface area contributed by atoms with Crippen molar-refractivity contribution in [2.75, 3.05) is 5.32 Å². The number of hydrogen-bond donors (Lipinski definition) is 2. The van der Waals surface area contributed by atoms with E-state index < -0.39 is 51.1 Å². The normalized spacial score (nSPS) is 12.3. The Bertz CT molecular complexity index is 1470. The van der Waals surface area contributed by atoms with Crippen molar-refractivity contribution in [2.45, 2.75) is 12.4 Å². The van der Waals surface area contributed by atoms with Crippen LogP contribution in [0.15, 0.2) is 28.9 Å². The molecule has 0 unspecified atom stereocenters. The number of furan rings is 1. The number of halogens is 7. The van der Waals surface area contributed by atoms with E-state index in [1.54, 1.807) is 0 Å². The summed E-state index contributed by atoms with van der Waals surface area (Å²) in [6, 6.07) is 3.36. The molecule has 0 aliphatic carbocycles. The van der Waals surface area contributed by atoms with Crippen molar-refractivity contribution in [2.24, 2.45) is 12.8 Å². The third-order valence-electron chi connectivity index (χ3n) is 4.67. The summed E-state index contributed by atoms with van der Waals surface area (Å²) in [5.41, 5.74) is 1.22. The van der Waals surface area contributed by atoms with Crippen molar-refractivity contribution in [3.05, 3.63) is 51.4 Å². The minimum Gasteiger partial charge on any atom is -0.464 e. The molecule has 0 atom stereocenters. The van der Waals surface area contributed by atoms with Gasteiger partial charge in [0.2, 0.25) is 0 Å². The number of amides is 2. The summed E-state index contributed by atoms with van der Waals surface area (Å²) in [6.45, 7) is 0. The van der Waals surface area contributed by atoms with Crippen molar-refractivity contribution in [3.8, 4) is 11.3 Å². The van der Waals surface area contributed by atoms with Crippen LogP contribution in [-0.4, -0.2) is 26.6 Å². The van der Waals surface area contributed by atoms with E-state index in [1.165, 1.54) is 18.4 Å². The Morgan fingerprint density at radius 3 is 2.40 bits per heavy atom. The monoisotopic (exact) mass is 537 g/mol. The van der Waals surface area contributed by atoms with Gasteiger partial charge in [-0.2, -0.15) is 31.4 Å². The third kappa shape index (κ3) is 4.32. The first-order valence-corrected chi connectivity index (χ1v) is 10.4. The molecule has 4 aromatic rings. The number of primary amides is 1. The summed E-state index contributed by atoms with van der Waals surface area (Å²) in [4.78, 5) is 27.7. The summed E-state index contributed by atoms with van der Waals surface area (Å²) in [5, 5.41) is 4.53. The van der Waals surface area contributed by atoms with Gasteiger partial charge in [0, 0.05) is 18.0 Å². The molecule has 16 heteroatoms. The van der Waals surface area contributed by atoms with Gasteiger partial charge in [-0.25, -0.2) is 4.98 Å². The number of nitrogens with zero attached hydrogens (tertiary/aromatic N) is 3. The van der Waals surface area contributed by atoms with Crippen LogP contribution in [-0.2, 0) is 19.4 Å². The fourth-order valence-electron chi connectivity index (χ4n) is 3.29.